The highest BCUT2D eigenvalue weighted by Gasteiger charge is 2.20. The molecule has 1 aromatic rings. The van der Waals surface area contributed by atoms with Crippen molar-refractivity contribution in [3.8, 4) is 0 Å². The molecule has 0 heterocycles. The zero-order chi connectivity index (χ0) is 14.4. The molecule has 0 aliphatic carbocycles. The van der Waals surface area contributed by atoms with Gasteiger partial charge >= 0.3 is 5.97 Å². The van der Waals surface area contributed by atoms with Crippen LogP contribution in [0.3, 0.4) is 0 Å². The maximum atomic E-state index is 12.0. The minimum Gasteiger partial charge on any atom is -0.481 e. The quantitative estimate of drug-likeness (QED) is 0.858. The van der Waals surface area contributed by atoms with Gasteiger partial charge in [-0.25, -0.2) is 0 Å². The lowest BCUT2D eigenvalue weighted by molar-refractivity contribution is -0.140. The number of hydrogen-bond donors (Lipinski definition) is 1. The minimum atomic E-state index is -0.890. The lowest BCUT2D eigenvalue weighted by Crippen LogP contribution is -2.36. The summed E-state index contributed by atoms with van der Waals surface area (Å²) in [5.74, 6) is -1.53. The van der Waals surface area contributed by atoms with Gasteiger partial charge in [-0.2, -0.15) is 0 Å². The fraction of sp³-hybridized carbons (Fsp3) is 0.467. The summed E-state index contributed by atoms with van der Waals surface area (Å²) >= 11 is 0. The standard InChI is InChI=1S/C15H21NO3/c1-4-12-6-8-13(9-7-12)16(14(17)5-2)10-11(3)15(18)19/h6-9,11H,4-5,10H2,1-3H3,(H,18,19). The van der Waals surface area contributed by atoms with Crippen LogP contribution in [0.25, 0.3) is 0 Å². The largest absolute Gasteiger partial charge is 0.481 e. The summed E-state index contributed by atoms with van der Waals surface area (Å²) in [4.78, 5) is 24.5. The van der Waals surface area contributed by atoms with Gasteiger partial charge in [-0.05, 0) is 24.1 Å². The van der Waals surface area contributed by atoms with Crippen molar-refractivity contribution in [1.29, 1.82) is 0 Å². The van der Waals surface area contributed by atoms with Crippen LogP contribution in [0.4, 0.5) is 5.69 Å². The minimum absolute atomic E-state index is 0.0580. The third-order valence-corrected chi connectivity index (χ3v) is 3.14. The van der Waals surface area contributed by atoms with E-state index in [-0.39, 0.29) is 12.5 Å². The van der Waals surface area contributed by atoms with Gasteiger partial charge < -0.3 is 10.0 Å². The number of nitrogens with zero attached hydrogens (tertiary/aromatic N) is 1. The number of hydrogen-bond acceptors (Lipinski definition) is 2. The van der Waals surface area contributed by atoms with Crippen LogP contribution in [0.1, 0.15) is 32.8 Å². The van der Waals surface area contributed by atoms with Crippen molar-refractivity contribution in [2.45, 2.75) is 33.6 Å². The predicted octanol–water partition coefficient (Wildman–Crippen LogP) is 2.71. The number of carboxylic acids is 1. The first kappa shape index (κ1) is 15.2. The van der Waals surface area contributed by atoms with Gasteiger partial charge in [-0.15, -0.1) is 0 Å². The van der Waals surface area contributed by atoms with E-state index in [1.807, 2.05) is 24.3 Å². The Morgan fingerprint density at radius 1 is 1.21 bits per heavy atom. The molecule has 0 saturated heterocycles. The van der Waals surface area contributed by atoms with Gasteiger partial charge in [-0.1, -0.05) is 32.9 Å². The Morgan fingerprint density at radius 2 is 1.79 bits per heavy atom. The van der Waals surface area contributed by atoms with Crippen molar-refractivity contribution in [3.05, 3.63) is 29.8 Å². The summed E-state index contributed by atoms with van der Waals surface area (Å²) in [5.41, 5.74) is 1.95. The second kappa shape index (κ2) is 6.92. The molecule has 0 aliphatic rings. The molecule has 0 radical (unpaired) electrons. The monoisotopic (exact) mass is 263 g/mol. The molecular formula is C15H21NO3. The lowest BCUT2D eigenvalue weighted by Gasteiger charge is -2.24. The number of amides is 1. The fourth-order valence-electron chi connectivity index (χ4n) is 1.81. The number of anilines is 1. The van der Waals surface area contributed by atoms with Gasteiger partial charge in [0.15, 0.2) is 0 Å². The molecule has 19 heavy (non-hydrogen) atoms. The number of carboxylic acid groups (broad SMARTS) is 1. The first-order valence-corrected chi connectivity index (χ1v) is 6.61. The Kier molecular flexibility index (Phi) is 5.55. The van der Waals surface area contributed by atoms with Crippen LogP contribution in [-0.4, -0.2) is 23.5 Å². The number of carbonyl (C=O) groups is 2. The van der Waals surface area contributed by atoms with E-state index in [2.05, 4.69) is 6.92 Å². The smallest absolute Gasteiger partial charge is 0.308 e. The van der Waals surface area contributed by atoms with Crippen molar-refractivity contribution in [2.24, 2.45) is 5.92 Å². The summed E-state index contributed by atoms with van der Waals surface area (Å²) < 4.78 is 0. The van der Waals surface area contributed by atoms with Crippen LogP contribution in [0, 0.1) is 5.92 Å². The number of aryl methyl sites for hydroxylation is 1. The van der Waals surface area contributed by atoms with Gasteiger partial charge in [0, 0.05) is 18.7 Å². The Hall–Kier alpha value is -1.84. The van der Waals surface area contributed by atoms with Gasteiger partial charge in [0.25, 0.3) is 0 Å². The molecule has 0 bridgehead atoms. The van der Waals surface area contributed by atoms with Crippen LogP contribution in [0.5, 0.6) is 0 Å². The highest BCUT2D eigenvalue weighted by atomic mass is 16.4. The molecule has 0 saturated carbocycles. The molecule has 4 heteroatoms. The highest BCUT2D eigenvalue weighted by molar-refractivity contribution is 5.93. The molecule has 0 aliphatic heterocycles. The maximum Gasteiger partial charge on any atom is 0.308 e. The lowest BCUT2D eigenvalue weighted by atomic mass is 10.1. The summed E-state index contributed by atoms with van der Waals surface area (Å²) in [6.07, 6.45) is 1.30. The topological polar surface area (TPSA) is 57.6 Å². The third-order valence-electron chi connectivity index (χ3n) is 3.14. The summed E-state index contributed by atoms with van der Waals surface area (Å²) in [6, 6.07) is 7.69. The molecule has 1 N–H and O–H groups in total. The zero-order valence-corrected chi connectivity index (χ0v) is 11.7. The summed E-state index contributed by atoms with van der Waals surface area (Å²) in [7, 11) is 0. The second-order valence-corrected chi connectivity index (χ2v) is 4.62. The Morgan fingerprint density at radius 3 is 2.21 bits per heavy atom. The van der Waals surface area contributed by atoms with Crippen molar-refractivity contribution in [2.75, 3.05) is 11.4 Å². The molecule has 1 aromatic carbocycles. The van der Waals surface area contributed by atoms with Crippen LogP contribution >= 0.6 is 0 Å². The molecule has 0 spiro atoms. The van der Waals surface area contributed by atoms with Gasteiger partial charge in [0.2, 0.25) is 5.91 Å². The fourth-order valence-corrected chi connectivity index (χ4v) is 1.81. The second-order valence-electron chi connectivity index (χ2n) is 4.62. The number of rotatable bonds is 6. The van der Waals surface area contributed by atoms with E-state index < -0.39 is 11.9 Å². The molecular weight excluding hydrogens is 242 g/mol. The van der Waals surface area contributed by atoms with E-state index in [1.165, 1.54) is 5.56 Å². The summed E-state index contributed by atoms with van der Waals surface area (Å²) in [6.45, 7) is 5.66. The molecule has 104 valence electrons. The van der Waals surface area contributed by atoms with Crippen LogP contribution in [0.15, 0.2) is 24.3 Å². The van der Waals surface area contributed by atoms with Crippen molar-refractivity contribution in [1.82, 2.24) is 0 Å². The van der Waals surface area contributed by atoms with E-state index in [9.17, 15) is 9.59 Å². The molecule has 0 fully saturated rings. The van der Waals surface area contributed by atoms with Crippen LogP contribution in [-0.2, 0) is 16.0 Å². The molecule has 1 atom stereocenters. The number of benzene rings is 1. The SMILES string of the molecule is CCC(=O)N(CC(C)C(=O)O)c1ccc(CC)cc1. The normalized spacial score (nSPS) is 11.9. The first-order valence-electron chi connectivity index (χ1n) is 6.61. The average molecular weight is 263 g/mol. The van der Waals surface area contributed by atoms with E-state index in [1.54, 1.807) is 18.7 Å². The van der Waals surface area contributed by atoms with E-state index in [0.29, 0.717) is 6.42 Å². The van der Waals surface area contributed by atoms with E-state index in [4.69, 9.17) is 5.11 Å². The molecule has 4 nitrogen and oxygen atoms in total. The number of carbonyl (C=O) groups excluding carboxylic acids is 1. The Labute approximate surface area is 114 Å². The van der Waals surface area contributed by atoms with Gasteiger partial charge in [0.1, 0.15) is 0 Å². The maximum absolute atomic E-state index is 12.0. The van der Waals surface area contributed by atoms with Gasteiger partial charge in [0.05, 0.1) is 5.92 Å². The molecule has 1 unspecified atom stereocenters. The molecule has 1 amide bonds. The molecule has 1 rings (SSSR count). The van der Waals surface area contributed by atoms with Crippen molar-refractivity contribution >= 4 is 17.6 Å². The highest BCUT2D eigenvalue weighted by Crippen LogP contribution is 2.18. The van der Waals surface area contributed by atoms with Crippen LogP contribution in [0.2, 0.25) is 0 Å². The third kappa shape index (κ3) is 4.09. The zero-order valence-electron chi connectivity index (χ0n) is 11.7. The first-order chi connectivity index (χ1) is 8.99. The summed E-state index contributed by atoms with van der Waals surface area (Å²) in [5, 5.41) is 8.98. The van der Waals surface area contributed by atoms with E-state index >= 15 is 0 Å². The van der Waals surface area contributed by atoms with Crippen molar-refractivity contribution < 1.29 is 14.7 Å². The van der Waals surface area contributed by atoms with Crippen LogP contribution < -0.4 is 4.90 Å². The van der Waals surface area contributed by atoms with E-state index in [0.717, 1.165) is 12.1 Å². The average Bonchev–Trinajstić information content (AvgIpc) is 2.43. The Balaban J connectivity index is 2.95. The van der Waals surface area contributed by atoms with Crippen molar-refractivity contribution in [3.63, 3.8) is 0 Å². The number of aliphatic carboxylic acids is 1. The predicted molar refractivity (Wildman–Crippen MR) is 75.3 cm³/mol. The molecule has 0 aromatic heterocycles. The van der Waals surface area contributed by atoms with Gasteiger partial charge in [-0.3, -0.25) is 9.59 Å². The Bertz CT molecular complexity index is 439.